The lowest BCUT2D eigenvalue weighted by Crippen LogP contribution is -2.23. The molecule has 0 saturated carbocycles. The van der Waals surface area contributed by atoms with E-state index in [4.69, 9.17) is 5.73 Å². The first-order valence-corrected chi connectivity index (χ1v) is 5.71. The van der Waals surface area contributed by atoms with E-state index in [0.29, 0.717) is 5.95 Å². The van der Waals surface area contributed by atoms with Crippen LogP contribution in [0.5, 0.6) is 0 Å². The highest BCUT2D eigenvalue weighted by atomic mass is 15.1. The number of aromatic amines is 1. The topological polar surface area (TPSA) is 70.8 Å². The number of fused-ring (bicyclic) bond motifs is 1. The first-order valence-electron chi connectivity index (χ1n) is 5.71. The fourth-order valence-electron chi connectivity index (χ4n) is 2.18. The SMILES string of the molecule is CN1CC=C(c2c[nH]c3cnc(N)nc23)CC1. The maximum atomic E-state index is 5.64. The number of nitrogens with two attached hydrogens (primary N) is 1. The molecule has 0 bridgehead atoms. The minimum Gasteiger partial charge on any atom is -0.368 e. The number of nitrogen functional groups attached to an aromatic ring is 1. The van der Waals surface area contributed by atoms with Gasteiger partial charge in [-0.2, -0.15) is 0 Å². The summed E-state index contributed by atoms with van der Waals surface area (Å²) in [4.78, 5) is 13.8. The van der Waals surface area contributed by atoms with Crippen LogP contribution in [0.3, 0.4) is 0 Å². The van der Waals surface area contributed by atoms with E-state index in [1.165, 1.54) is 5.57 Å². The maximum Gasteiger partial charge on any atom is 0.220 e. The summed E-state index contributed by atoms with van der Waals surface area (Å²) < 4.78 is 0. The van der Waals surface area contributed by atoms with Crippen LogP contribution in [0, 0.1) is 0 Å². The molecule has 0 unspecified atom stereocenters. The molecule has 2 aromatic rings. The molecule has 5 nitrogen and oxygen atoms in total. The van der Waals surface area contributed by atoms with Gasteiger partial charge in [0.15, 0.2) is 0 Å². The molecular formula is C12H15N5. The molecule has 0 fully saturated rings. The summed E-state index contributed by atoms with van der Waals surface area (Å²) in [6, 6.07) is 0. The zero-order chi connectivity index (χ0) is 11.8. The van der Waals surface area contributed by atoms with E-state index in [9.17, 15) is 0 Å². The third-order valence-electron chi connectivity index (χ3n) is 3.19. The van der Waals surface area contributed by atoms with Crippen molar-refractivity contribution < 1.29 is 0 Å². The number of nitrogens with zero attached hydrogens (tertiary/aromatic N) is 3. The van der Waals surface area contributed by atoms with Crippen LogP contribution in [0.4, 0.5) is 5.95 Å². The van der Waals surface area contributed by atoms with Crippen molar-refractivity contribution in [3.8, 4) is 0 Å². The van der Waals surface area contributed by atoms with Gasteiger partial charge in [0.1, 0.15) is 5.52 Å². The van der Waals surface area contributed by atoms with Crippen molar-refractivity contribution in [2.24, 2.45) is 0 Å². The average molecular weight is 229 g/mol. The lowest BCUT2D eigenvalue weighted by Gasteiger charge is -2.21. The second kappa shape index (κ2) is 3.85. The smallest absolute Gasteiger partial charge is 0.220 e. The van der Waals surface area contributed by atoms with Crippen LogP contribution >= 0.6 is 0 Å². The summed E-state index contributed by atoms with van der Waals surface area (Å²) in [5, 5.41) is 0. The monoisotopic (exact) mass is 229 g/mol. The molecule has 0 aliphatic carbocycles. The highest BCUT2D eigenvalue weighted by molar-refractivity contribution is 5.89. The van der Waals surface area contributed by atoms with Crippen molar-refractivity contribution in [1.82, 2.24) is 19.9 Å². The van der Waals surface area contributed by atoms with Gasteiger partial charge in [0.2, 0.25) is 5.95 Å². The highest BCUT2D eigenvalue weighted by Crippen LogP contribution is 2.27. The number of rotatable bonds is 1. The molecule has 3 rings (SSSR count). The van der Waals surface area contributed by atoms with Crippen molar-refractivity contribution in [2.75, 3.05) is 25.9 Å². The van der Waals surface area contributed by atoms with Crippen LogP contribution < -0.4 is 5.73 Å². The Morgan fingerprint density at radius 3 is 3.12 bits per heavy atom. The van der Waals surface area contributed by atoms with Gasteiger partial charge in [-0.05, 0) is 19.0 Å². The normalized spacial score (nSPS) is 17.4. The van der Waals surface area contributed by atoms with Crippen molar-refractivity contribution in [1.29, 1.82) is 0 Å². The zero-order valence-electron chi connectivity index (χ0n) is 9.77. The van der Waals surface area contributed by atoms with Gasteiger partial charge >= 0.3 is 0 Å². The Labute approximate surface area is 99.4 Å². The molecule has 0 radical (unpaired) electrons. The van der Waals surface area contributed by atoms with Crippen molar-refractivity contribution >= 4 is 22.6 Å². The Kier molecular flexibility index (Phi) is 2.33. The average Bonchev–Trinajstić information content (AvgIpc) is 2.73. The van der Waals surface area contributed by atoms with Gasteiger partial charge in [0.25, 0.3) is 0 Å². The Morgan fingerprint density at radius 1 is 1.47 bits per heavy atom. The summed E-state index contributed by atoms with van der Waals surface area (Å²) in [6.45, 7) is 2.07. The fourth-order valence-corrected chi connectivity index (χ4v) is 2.18. The van der Waals surface area contributed by atoms with Crippen LogP contribution in [-0.2, 0) is 0 Å². The van der Waals surface area contributed by atoms with Crippen molar-refractivity contribution in [2.45, 2.75) is 6.42 Å². The Morgan fingerprint density at radius 2 is 2.35 bits per heavy atom. The van der Waals surface area contributed by atoms with Crippen LogP contribution in [-0.4, -0.2) is 40.0 Å². The number of likely N-dealkylation sites (N-methyl/N-ethyl adjacent to an activating group) is 1. The molecular weight excluding hydrogens is 214 g/mol. The quantitative estimate of drug-likeness (QED) is 0.772. The predicted molar refractivity (Wildman–Crippen MR) is 68.4 cm³/mol. The van der Waals surface area contributed by atoms with Gasteiger partial charge in [-0.25, -0.2) is 9.97 Å². The van der Waals surface area contributed by atoms with Crippen LogP contribution in [0.25, 0.3) is 16.6 Å². The number of nitrogens with one attached hydrogen (secondary N) is 1. The first-order chi connectivity index (χ1) is 8.24. The Bertz CT molecular complexity index is 584. The van der Waals surface area contributed by atoms with E-state index in [1.807, 2.05) is 6.20 Å². The van der Waals surface area contributed by atoms with E-state index in [0.717, 1.165) is 36.1 Å². The maximum absolute atomic E-state index is 5.64. The second-order valence-electron chi connectivity index (χ2n) is 4.43. The molecule has 2 aromatic heterocycles. The van der Waals surface area contributed by atoms with Gasteiger partial charge in [0, 0.05) is 24.8 Å². The summed E-state index contributed by atoms with van der Waals surface area (Å²) in [7, 11) is 2.13. The van der Waals surface area contributed by atoms with E-state index in [2.05, 4.69) is 33.0 Å². The molecule has 0 amide bonds. The molecule has 3 heterocycles. The molecule has 88 valence electrons. The molecule has 0 aromatic carbocycles. The molecule has 0 atom stereocenters. The minimum absolute atomic E-state index is 0.326. The predicted octanol–water partition coefficient (Wildman–Crippen LogP) is 1.26. The molecule has 0 spiro atoms. The van der Waals surface area contributed by atoms with Gasteiger partial charge < -0.3 is 15.6 Å². The Hall–Kier alpha value is -1.88. The minimum atomic E-state index is 0.326. The molecule has 3 N–H and O–H groups in total. The number of anilines is 1. The van der Waals surface area contributed by atoms with Crippen molar-refractivity contribution in [3.05, 3.63) is 24.0 Å². The van der Waals surface area contributed by atoms with Gasteiger partial charge in [-0.3, -0.25) is 0 Å². The third-order valence-corrected chi connectivity index (χ3v) is 3.19. The van der Waals surface area contributed by atoms with E-state index in [-0.39, 0.29) is 0 Å². The molecule has 1 aliphatic rings. The van der Waals surface area contributed by atoms with E-state index < -0.39 is 0 Å². The number of hydrogen-bond donors (Lipinski definition) is 2. The van der Waals surface area contributed by atoms with E-state index >= 15 is 0 Å². The van der Waals surface area contributed by atoms with Gasteiger partial charge in [0.05, 0.1) is 11.7 Å². The highest BCUT2D eigenvalue weighted by Gasteiger charge is 2.14. The van der Waals surface area contributed by atoms with E-state index in [1.54, 1.807) is 6.20 Å². The fraction of sp³-hybridized carbons (Fsp3) is 0.333. The van der Waals surface area contributed by atoms with Gasteiger partial charge in [-0.15, -0.1) is 0 Å². The summed E-state index contributed by atoms with van der Waals surface area (Å²) in [6.07, 6.45) is 7.03. The second-order valence-corrected chi connectivity index (χ2v) is 4.43. The zero-order valence-corrected chi connectivity index (χ0v) is 9.77. The van der Waals surface area contributed by atoms with Gasteiger partial charge in [-0.1, -0.05) is 6.08 Å². The largest absolute Gasteiger partial charge is 0.368 e. The Balaban J connectivity index is 2.08. The lowest BCUT2D eigenvalue weighted by atomic mass is 10.0. The standard InChI is InChI=1S/C12H15N5/c1-17-4-2-8(3-5-17)9-6-14-10-7-15-12(13)16-11(9)10/h2,6-7,14H,3-5H2,1H3,(H2,13,15,16). The summed E-state index contributed by atoms with van der Waals surface area (Å²) in [5.74, 6) is 0.326. The first kappa shape index (κ1) is 10.3. The van der Waals surface area contributed by atoms with Crippen LogP contribution in [0.1, 0.15) is 12.0 Å². The molecule has 17 heavy (non-hydrogen) atoms. The van der Waals surface area contributed by atoms with Crippen molar-refractivity contribution in [3.63, 3.8) is 0 Å². The summed E-state index contributed by atoms with van der Waals surface area (Å²) >= 11 is 0. The summed E-state index contributed by atoms with van der Waals surface area (Å²) in [5.41, 5.74) is 10.00. The van der Waals surface area contributed by atoms with Crippen LogP contribution in [0.2, 0.25) is 0 Å². The lowest BCUT2D eigenvalue weighted by molar-refractivity contribution is 0.370. The van der Waals surface area contributed by atoms with Crippen LogP contribution in [0.15, 0.2) is 18.5 Å². The molecule has 5 heteroatoms. The number of H-pyrrole nitrogens is 1. The third kappa shape index (κ3) is 1.78. The number of hydrogen-bond acceptors (Lipinski definition) is 4. The molecule has 0 saturated heterocycles. The number of aromatic nitrogens is 3. The molecule has 1 aliphatic heterocycles.